The maximum absolute atomic E-state index is 13.8. The van der Waals surface area contributed by atoms with E-state index in [1.165, 1.54) is 38.5 Å². The zero-order valence-electron chi connectivity index (χ0n) is 20.9. The molecule has 0 saturated carbocycles. The van der Waals surface area contributed by atoms with E-state index < -0.39 is 11.2 Å². The molecule has 0 atom stereocenters. The molecule has 0 fully saturated rings. The van der Waals surface area contributed by atoms with Crippen LogP contribution in [0.15, 0.2) is 36.4 Å². The second-order valence-electron chi connectivity index (χ2n) is 9.67. The third kappa shape index (κ3) is 3.38. The highest BCUT2D eigenvalue weighted by Gasteiger charge is 2.41. The minimum atomic E-state index is -0.816. The number of rotatable bonds is 3. The monoisotopic (exact) mass is 520 g/mol. The Morgan fingerprint density at radius 3 is 2.11 bits per heavy atom. The number of phenols is 4. The van der Waals surface area contributed by atoms with Gasteiger partial charge < -0.3 is 29.9 Å². The first kappa shape index (κ1) is 24.6. The van der Waals surface area contributed by atoms with Crippen LogP contribution in [0.3, 0.4) is 0 Å². The van der Waals surface area contributed by atoms with Crippen molar-refractivity contribution in [3.05, 3.63) is 69.2 Å². The van der Waals surface area contributed by atoms with Gasteiger partial charge in [0.15, 0.2) is 0 Å². The van der Waals surface area contributed by atoms with Crippen LogP contribution in [0.4, 0.5) is 0 Å². The van der Waals surface area contributed by atoms with Crippen LogP contribution < -0.4 is 9.47 Å². The zero-order chi connectivity index (χ0) is 27.0. The van der Waals surface area contributed by atoms with Crippen LogP contribution in [0, 0.1) is 6.92 Å². The summed E-state index contributed by atoms with van der Waals surface area (Å²) >= 11 is 6.47. The van der Waals surface area contributed by atoms with Gasteiger partial charge in [0.1, 0.15) is 34.5 Å². The molecule has 1 aliphatic carbocycles. The van der Waals surface area contributed by atoms with Gasteiger partial charge in [-0.3, -0.25) is 4.79 Å². The first-order valence-electron chi connectivity index (χ1n) is 11.5. The Hall–Kier alpha value is -4.10. The van der Waals surface area contributed by atoms with Gasteiger partial charge in [0.25, 0.3) is 0 Å². The third-order valence-corrected chi connectivity index (χ3v) is 7.73. The molecule has 190 valence electrons. The average Bonchev–Trinajstić information content (AvgIpc) is 2.84. The van der Waals surface area contributed by atoms with E-state index in [9.17, 15) is 25.2 Å². The summed E-state index contributed by atoms with van der Waals surface area (Å²) in [5.74, 6) is -0.738. The van der Waals surface area contributed by atoms with Crippen molar-refractivity contribution in [1.29, 1.82) is 0 Å². The Kier molecular flexibility index (Phi) is 5.46. The summed E-state index contributed by atoms with van der Waals surface area (Å²) in [7, 11) is 2.90. The first-order valence-corrected chi connectivity index (χ1v) is 11.9. The van der Waals surface area contributed by atoms with Gasteiger partial charge in [-0.1, -0.05) is 25.4 Å². The van der Waals surface area contributed by atoms with E-state index in [4.69, 9.17) is 21.1 Å². The van der Waals surface area contributed by atoms with Gasteiger partial charge in [-0.15, -0.1) is 0 Å². The van der Waals surface area contributed by atoms with Crippen molar-refractivity contribution in [3.8, 4) is 45.6 Å². The molecule has 0 saturated heterocycles. The largest absolute Gasteiger partial charge is 0.508 e. The van der Waals surface area contributed by atoms with Crippen LogP contribution in [0.25, 0.3) is 21.9 Å². The predicted molar refractivity (Wildman–Crippen MR) is 141 cm³/mol. The lowest BCUT2D eigenvalue weighted by atomic mass is 9.67. The molecule has 0 radical (unpaired) electrons. The summed E-state index contributed by atoms with van der Waals surface area (Å²) in [4.78, 5) is 13.8. The van der Waals surface area contributed by atoms with Gasteiger partial charge in [0.05, 0.1) is 30.4 Å². The number of carbonyl (C=O) groups is 1. The van der Waals surface area contributed by atoms with Crippen molar-refractivity contribution in [2.45, 2.75) is 26.2 Å². The van der Waals surface area contributed by atoms with Crippen molar-refractivity contribution >= 4 is 28.2 Å². The number of aromatic hydroxyl groups is 4. The Morgan fingerprint density at radius 2 is 1.46 bits per heavy atom. The smallest absolute Gasteiger partial charge is 0.201 e. The number of hydrogen-bond donors (Lipinski definition) is 4. The molecule has 0 aliphatic heterocycles. The number of hydrogen-bond acceptors (Lipinski definition) is 7. The Labute approximate surface area is 218 Å². The number of methoxy groups -OCH3 is 2. The minimum absolute atomic E-state index is 0.0363. The molecule has 0 amide bonds. The van der Waals surface area contributed by atoms with Gasteiger partial charge in [-0.25, -0.2) is 0 Å². The number of carbonyl (C=O) groups excluding carboxylic acids is 1. The quantitative estimate of drug-likeness (QED) is 0.255. The van der Waals surface area contributed by atoms with Crippen molar-refractivity contribution in [2.24, 2.45) is 0 Å². The van der Waals surface area contributed by atoms with Gasteiger partial charge >= 0.3 is 0 Å². The summed E-state index contributed by atoms with van der Waals surface area (Å²) in [6.07, 6.45) is 0. The van der Waals surface area contributed by atoms with Crippen LogP contribution in [0.1, 0.15) is 46.5 Å². The lowest BCUT2D eigenvalue weighted by molar-refractivity contribution is 0.102. The molecule has 0 bridgehead atoms. The maximum atomic E-state index is 13.8. The van der Waals surface area contributed by atoms with Gasteiger partial charge in [-0.05, 0) is 53.3 Å². The van der Waals surface area contributed by atoms with Crippen molar-refractivity contribution < 1.29 is 34.7 Å². The molecule has 0 spiro atoms. The van der Waals surface area contributed by atoms with Crippen molar-refractivity contribution in [2.75, 3.05) is 14.2 Å². The fourth-order valence-corrected chi connectivity index (χ4v) is 5.61. The molecule has 5 rings (SSSR count). The molecule has 7 nitrogen and oxygen atoms in total. The molecule has 4 aromatic carbocycles. The topological polar surface area (TPSA) is 116 Å². The van der Waals surface area contributed by atoms with Crippen molar-refractivity contribution in [3.63, 3.8) is 0 Å². The fourth-order valence-electron chi connectivity index (χ4n) is 5.38. The SMILES string of the molecule is COc1cc(O)c2c(c1)C(C)(C)c1cc3cc(O)cc(-c4c(O)cc(OC)c(Cl)c4C)c3c(O)c1C2=O. The lowest BCUT2D eigenvalue weighted by Gasteiger charge is -2.35. The normalized spacial score (nSPS) is 13.8. The number of benzene rings is 4. The van der Waals surface area contributed by atoms with Crippen LogP contribution in [0.2, 0.25) is 5.02 Å². The summed E-state index contributed by atoms with van der Waals surface area (Å²) in [6.45, 7) is 5.44. The van der Waals surface area contributed by atoms with Crippen LogP contribution >= 0.6 is 11.6 Å². The van der Waals surface area contributed by atoms with Crippen LogP contribution in [-0.4, -0.2) is 40.4 Å². The molecular weight excluding hydrogens is 496 g/mol. The first-order chi connectivity index (χ1) is 17.4. The fraction of sp³-hybridized carbons (Fsp3) is 0.207. The molecule has 8 heteroatoms. The number of ether oxygens (including phenoxy) is 2. The van der Waals surface area contributed by atoms with E-state index >= 15 is 0 Å². The molecular formula is C29H25ClO7. The lowest BCUT2D eigenvalue weighted by Crippen LogP contribution is -2.30. The second kappa shape index (κ2) is 8.21. The number of halogens is 1. The Bertz CT molecular complexity index is 1650. The number of fused-ring (bicyclic) bond motifs is 3. The van der Waals surface area contributed by atoms with E-state index in [0.29, 0.717) is 27.8 Å². The third-order valence-electron chi connectivity index (χ3n) is 7.26. The number of ketones is 1. The van der Waals surface area contributed by atoms with E-state index in [1.807, 2.05) is 13.8 Å². The van der Waals surface area contributed by atoms with E-state index in [2.05, 4.69) is 0 Å². The minimum Gasteiger partial charge on any atom is -0.508 e. The molecule has 4 aromatic rings. The summed E-state index contributed by atoms with van der Waals surface area (Å²) < 4.78 is 10.5. The van der Waals surface area contributed by atoms with Gasteiger partial charge in [0, 0.05) is 34.1 Å². The Balaban J connectivity index is 1.90. The summed E-state index contributed by atoms with van der Waals surface area (Å²) in [5, 5.41) is 44.9. The molecule has 0 heterocycles. The highest BCUT2D eigenvalue weighted by atomic mass is 35.5. The van der Waals surface area contributed by atoms with E-state index in [1.54, 1.807) is 19.1 Å². The highest BCUT2D eigenvalue weighted by Crippen LogP contribution is 2.53. The van der Waals surface area contributed by atoms with Crippen LogP contribution in [0.5, 0.6) is 34.5 Å². The summed E-state index contributed by atoms with van der Waals surface area (Å²) in [5.41, 5.74) is 1.40. The highest BCUT2D eigenvalue weighted by molar-refractivity contribution is 6.33. The summed E-state index contributed by atoms with van der Waals surface area (Å²) in [6, 6.07) is 9.03. The zero-order valence-corrected chi connectivity index (χ0v) is 21.6. The average molecular weight is 521 g/mol. The second-order valence-corrected chi connectivity index (χ2v) is 10.1. The van der Waals surface area contributed by atoms with Crippen molar-refractivity contribution in [1.82, 2.24) is 0 Å². The van der Waals surface area contributed by atoms with E-state index in [-0.39, 0.29) is 61.4 Å². The molecule has 0 unspecified atom stereocenters. The van der Waals surface area contributed by atoms with Crippen LogP contribution in [-0.2, 0) is 5.41 Å². The van der Waals surface area contributed by atoms with Gasteiger partial charge in [0.2, 0.25) is 5.78 Å². The predicted octanol–water partition coefficient (Wildman–Crippen LogP) is 6.18. The van der Waals surface area contributed by atoms with E-state index in [0.717, 1.165) is 0 Å². The molecule has 37 heavy (non-hydrogen) atoms. The standard InChI is InChI=1S/C29H25ClO7/c1-12-22(20(33)11-21(37-5)26(12)30)16-8-14(31)6-13-7-17-25(27(34)23(13)16)28(35)24-18(29(17,2)3)9-15(36-4)10-19(24)32/h6-11,31-34H,1-5H3. The maximum Gasteiger partial charge on any atom is 0.201 e. The molecule has 4 N–H and O–H groups in total. The van der Waals surface area contributed by atoms with Gasteiger partial charge in [-0.2, -0.15) is 0 Å². The molecule has 1 aliphatic rings. The Morgan fingerprint density at radius 1 is 0.811 bits per heavy atom. The molecule has 0 aromatic heterocycles. The number of phenolic OH excluding ortho intramolecular Hbond substituents is 4.